The van der Waals surface area contributed by atoms with E-state index in [0.29, 0.717) is 25.2 Å². The van der Waals surface area contributed by atoms with Gasteiger partial charge in [-0.3, -0.25) is 9.59 Å². The Labute approximate surface area is 271 Å². The monoisotopic (exact) mass is 694 g/mol. The number of amides is 2. The van der Waals surface area contributed by atoms with Crippen LogP contribution >= 0.6 is 23.2 Å². The number of anilines is 2. The largest absolute Gasteiger partial charge is 0.491 e. The third kappa shape index (κ3) is 10.1. The first kappa shape index (κ1) is 36.7. The molecular weight excluding hydrogens is 665 g/mol. The molecule has 0 bridgehead atoms. The zero-order valence-electron chi connectivity index (χ0n) is 25.0. The van der Waals surface area contributed by atoms with E-state index in [-0.39, 0.29) is 47.2 Å². The maximum absolute atomic E-state index is 13.6. The molecule has 2 N–H and O–H groups in total. The van der Waals surface area contributed by atoms with Gasteiger partial charge in [0.25, 0.3) is 11.8 Å². The number of hydrogen-bond acceptors (Lipinski definition) is 6. The Balaban J connectivity index is 2.08. The van der Waals surface area contributed by atoms with Gasteiger partial charge in [-0.15, -0.1) is 0 Å². The van der Waals surface area contributed by atoms with Crippen molar-refractivity contribution in [3.05, 3.63) is 80.8 Å². The van der Waals surface area contributed by atoms with Gasteiger partial charge in [-0.05, 0) is 76.7 Å². The topological polar surface area (TPSA) is 83.1 Å². The molecule has 0 atom stereocenters. The van der Waals surface area contributed by atoms with Crippen LogP contribution in [0.15, 0.2) is 48.5 Å². The predicted octanol–water partition coefficient (Wildman–Crippen LogP) is 7.42. The fraction of sp³-hybridized carbons (Fsp3) is 0.333. The molecule has 3 aromatic carbocycles. The Bertz CT molecular complexity index is 1530. The molecule has 2 amide bonds. The van der Waals surface area contributed by atoms with Gasteiger partial charge in [0, 0.05) is 30.0 Å². The van der Waals surface area contributed by atoms with Gasteiger partial charge in [0.05, 0.1) is 21.2 Å². The summed E-state index contributed by atoms with van der Waals surface area (Å²) in [4.78, 5) is 30.4. The number of alkyl halides is 6. The molecular formula is C30H30Cl2F6N4O4. The van der Waals surface area contributed by atoms with Gasteiger partial charge in [0.15, 0.2) is 0 Å². The molecule has 0 aromatic heterocycles. The predicted molar refractivity (Wildman–Crippen MR) is 163 cm³/mol. The lowest BCUT2D eigenvalue weighted by Gasteiger charge is -2.20. The number of nitrogens with one attached hydrogen (secondary N) is 2. The van der Waals surface area contributed by atoms with Gasteiger partial charge in [0.2, 0.25) is 0 Å². The Morgan fingerprint density at radius 1 is 0.674 bits per heavy atom. The van der Waals surface area contributed by atoms with Crippen LogP contribution < -0.4 is 20.1 Å². The van der Waals surface area contributed by atoms with E-state index in [4.69, 9.17) is 32.7 Å². The number of nitrogens with zero attached hydrogens (tertiary/aromatic N) is 2. The van der Waals surface area contributed by atoms with Gasteiger partial charge >= 0.3 is 12.4 Å². The molecule has 0 aliphatic rings. The van der Waals surface area contributed by atoms with Gasteiger partial charge in [0.1, 0.15) is 30.3 Å². The van der Waals surface area contributed by atoms with Crippen molar-refractivity contribution in [3.8, 4) is 11.5 Å². The molecule has 16 heteroatoms. The molecule has 0 aliphatic carbocycles. The maximum atomic E-state index is 13.6. The number of rotatable bonds is 12. The third-order valence-electron chi connectivity index (χ3n) is 6.21. The van der Waals surface area contributed by atoms with Crippen LogP contribution in [-0.2, 0) is 12.4 Å². The number of halogens is 8. The smallest absolute Gasteiger partial charge is 0.417 e. The molecule has 0 heterocycles. The summed E-state index contributed by atoms with van der Waals surface area (Å²) in [5, 5.41) is 3.64. The van der Waals surface area contributed by atoms with Crippen molar-refractivity contribution in [1.29, 1.82) is 0 Å². The maximum Gasteiger partial charge on any atom is 0.417 e. The summed E-state index contributed by atoms with van der Waals surface area (Å²) in [7, 11) is 7.04. The molecule has 0 aliphatic heterocycles. The standard InChI is InChI=1S/C30H30Cl2F6N4O4/c1-41(2)9-11-45-24-13-17(27(43)39-18-5-7-22(31)20(15-18)29(33,34)35)14-25(46-12-10-42(3)4)26(24)28(44)40-19-6-8-23(32)21(16-19)30(36,37)38/h5-8,13-16H,9-12H2,1-4H3,(H,39,43)(H,40,44). The highest BCUT2D eigenvalue weighted by Gasteiger charge is 2.35. The van der Waals surface area contributed by atoms with E-state index in [9.17, 15) is 35.9 Å². The van der Waals surface area contributed by atoms with Crippen molar-refractivity contribution >= 4 is 46.4 Å². The molecule has 0 fully saturated rings. The first-order valence-corrected chi connectivity index (χ1v) is 14.2. The second-order valence-corrected chi connectivity index (χ2v) is 11.3. The molecule has 3 aromatic rings. The minimum absolute atomic E-state index is 0.0147. The summed E-state index contributed by atoms with van der Waals surface area (Å²) < 4.78 is 92.2. The number of benzene rings is 3. The van der Waals surface area contributed by atoms with Gasteiger partial charge in [-0.25, -0.2) is 0 Å². The van der Waals surface area contributed by atoms with Crippen molar-refractivity contribution in [2.75, 3.05) is 65.1 Å². The van der Waals surface area contributed by atoms with Gasteiger partial charge in [-0.1, -0.05) is 23.2 Å². The summed E-state index contributed by atoms with van der Waals surface area (Å²) in [6, 6.07) is 8.04. The average Bonchev–Trinajstić information content (AvgIpc) is 2.93. The van der Waals surface area contributed by atoms with Crippen LogP contribution in [0.5, 0.6) is 11.5 Å². The average molecular weight is 695 g/mol. The Morgan fingerprint density at radius 2 is 1.07 bits per heavy atom. The zero-order valence-corrected chi connectivity index (χ0v) is 26.5. The molecule has 0 saturated carbocycles. The zero-order chi connectivity index (χ0) is 34.4. The van der Waals surface area contributed by atoms with Crippen LogP contribution in [0.4, 0.5) is 37.7 Å². The van der Waals surface area contributed by atoms with Crippen molar-refractivity contribution < 1.29 is 45.4 Å². The number of likely N-dealkylation sites (N-methyl/N-ethyl adjacent to an activating group) is 2. The molecule has 46 heavy (non-hydrogen) atoms. The van der Waals surface area contributed by atoms with Crippen molar-refractivity contribution in [1.82, 2.24) is 9.80 Å². The Kier molecular flexibility index (Phi) is 12.2. The summed E-state index contributed by atoms with van der Waals surface area (Å²) in [6.45, 7) is 0.762. The molecule has 0 radical (unpaired) electrons. The lowest BCUT2D eigenvalue weighted by atomic mass is 10.1. The Hall–Kier alpha value is -3.72. The normalized spacial score (nSPS) is 12.0. The fourth-order valence-corrected chi connectivity index (χ4v) is 4.34. The first-order chi connectivity index (χ1) is 21.4. The number of hydrogen-bond donors (Lipinski definition) is 2. The van der Waals surface area contributed by atoms with E-state index in [1.165, 1.54) is 24.3 Å². The highest BCUT2D eigenvalue weighted by atomic mass is 35.5. The van der Waals surface area contributed by atoms with E-state index >= 15 is 0 Å². The Morgan fingerprint density at radius 3 is 1.43 bits per heavy atom. The van der Waals surface area contributed by atoms with E-state index in [1.54, 1.807) is 38.0 Å². The van der Waals surface area contributed by atoms with Crippen molar-refractivity contribution in [3.63, 3.8) is 0 Å². The fourth-order valence-electron chi connectivity index (χ4n) is 3.89. The van der Waals surface area contributed by atoms with Crippen molar-refractivity contribution in [2.24, 2.45) is 0 Å². The molecule has 0 spiro atoms. The van der Waals surface area contributed by atoms with Gasteiger partial charge in [-0.2, -0.15) is 26.3 Å². The van der Waals surface area contributed by atoms with Crippen LogP contribution in [0.25, 0.3) is 0 Å². The summed E-state index contributed by atoms with van der Waals surface area (Å²) in [5.74, 6) is -2.12. The molecule has 0 unspecified atom stereocenters. The highest BCUT2D eigenvalue weighted by Crippen LogP contribution is 2.38. The summed E-state index contributed by atoms with van der Waals surface area (Å²) in [5.41, 5.74) is -3.15. The van der Waals surface area contributed by atoms with Crippen LogP contribution in [-0.4, -0.2) is 76.1 Å². The van der Waals surface area contributed by atoms with Crippen LogP contribution in [0, 0.1) is 0 Å². The molecule has 3 rings (SSSR count). The van der Waals surface area contributed by atoms with Crippen LogP contribution in [0.3, 0.4) is 0 Å². The molecule has 250 valence electrons. The second-order valence-electron chi connectivity index (χ2n) is 10.4. The van der Waals surface area contributed by atoms with Gasteiger partial charge < -0.3 is 29.9 Å². The first-order valence-electron chi connectivity index (χ1n) is 13.5. The van der Waals surface area contributed by atoms with Crippen molar-refractivity contribution in [2.45, 2.75) is 12.4 Å². The van der Waals surface area contributed by atoms with Crippen LogP contribution in [0.1, 0.15) is 31.8 Å². The lowest BCUT2D eigenvalue weighted by Crippen LogP contribution is -2.23. The second kappa shape index (κ2) is 15.2. The summed E-state index contributed by atoms with van der Waals surface area (Å²) >= 11 is 11.4. The minimum atomic E-state index is -4.79. The SMILES string of the molecule is CN(C)CCOc1cc(C(=O)Nc2ccc(Cl)c(C(F)(F)F)c2)cc(OCCN(C)C)c1C(=O)Nc1ccc(Cl)c(C(F)(F)F)c1. The quantitative estimate of drug-likeness (QED) is 0.192. The number of carbonyl (C=O) groups is 2. The molecule has 0 saturated heterocycles. The van der Waals surface area contributed by atoms with E-state index in [0.717, 1.165) is 12.1 Å². The van der Waals surface area contributed by atoms with E-state index < -0.39 is 45.3 Å². The summed E-state index contributed by atoms with van der Waals surface area (Å²) in [6.07, 6.45) is -9.57. The molecule has 8 nitrogen and oxygen atoms in total. The number of ether oxygens (including phenoxy) is 2. The van der Waals surface area contributed by atoms with E-state index in [2.05, 4.69) is 10.6 Å². The van der Waals surface area contributed by atoms with E-state index in [1.807, 2.05) is 0 Å². The third-order valence-corrected chi connectivity index (χ3v) is 6.87. The lowest BCUT2D eigenvalue weighted by molar-refractivity contribution is -0.138. The highest BCUT2D eigenvalue weighted by molar-refractivity contribution is 6.32. The number of carbonyl (C=O) groups excluding carboxylic acids is 2. The van der Waals surface area contributed by atoms with Crippen LogP contribution in [0.2, 0.25) is 10.0 Å². The minimum Gasteiger partial charge on any atom is -0.491 e.